The number of anilines is 1. The molecule has 0 radical (unpaired) electrons. The Morgan fingerprint density at radius 2 is 2.00 bits per heavy atom. The van der Waals surface area contributed by atoms with Gasteiger partial charge in [0, 0.05) is 29.5 Å². The first-order valence-electron chi connectivity index (χ1n) is 10.0. The summed E-state index contributed by atoms with van der Waals surface area (Å²) in [5.74, 6) is -0.605. The molecule has 4 heterocycles. The summed E-state index contributed by atoms with van der Waals surface area (Å²) >= 11 is 0. The summed E-state index contributed by atoms with van der Waals surface area (Å²) in [5, 5.41) is 9.52. The molecule has 8 nitrogen and oxygen atoms in total. The minimum atomic E-state index is -4.55. The molecule has 0 fully saturated rings. The predicted molar refractivity (Wildman–Crippen MR) is 115 cm³/mol. The number of halogens is 4. The van der Waals surface area contributed by atoms with Crippen LogP contribution in [0.2, 0.25) is 0 Å². The average Bonchev–Trinajstić information content (AvgIpc) is 3.34. The summed E-state index contributed by atoms with van der Waals surface area (Å²) in [6.07, 6.45) is 1.56. The average molecular weight is 463 g/mol. The standard InChI is InChI=1S/C21H21F4N7O/c1-11(21(23,24)25)30-18(33)15-9-29-32-5-4-12(6-16(15)32)13-7-26-17-14(13)8-27-19(31-17)28-10-20(2,3)22/h4-9,11H,10H2,1-3H3,(H,30,33)(H2,26,27,28,31)/t11-/m1/s1. The number of alkyl halides is 4. The molecule has 0 bridgehead atoms. The second-order valence-electron chi connectivity index (χ2n) is 8.27. The normalized spacial score (nSPS) is 13.4. The Kier molecular flexibility index (Phi) is 5.46. The van der Waals surface area contributed by atoms with E-state index >= 15 is 0 Å². The molecule has 0 saturated heterocycles. The van der Waals surface area contributed by atoms with Crippen molar-refractivity contribution in [1.82, 2.24) is 29.9 Å². The first kappa shape index (κ1) is 22.5. The topological polar surface area (TPSA) is 100 Å². The Morgan fingerprint density at radius 1 is 1.24 bits per heavy atom. The lowest BCUT2D eigenvalue weighted by atomic mass is 10.1. The number of nitrogens with one attached hydrogen (secondary N) is 3. The second kappa shape index (κ2) is 8.01. The summed E-state index contributed by atoms with van der Waals surface area (Å²) in [7, 11) is 0. The molecule has 0 aliphatic heterocycles. The molecule has 1 amide bonds. The van der Waals surface area contributed by atoms with Gasteiger partial charge in [-0.05, 0) is 38.5 Å². The van der Waals surface area contributed by atoms with Gasteiger partial charge in [0.1, 0.15) is 17.4 Å². The summed E-state index contributed by atoms with van der Waals surface area (Å²) in [6, 6.07) is 1.40. The zero-order valence-corrected chi connectivity index (χ0v) is 18.0. The van der Waals surface area contributed by atoms with E-state index < -0.39 is 23.8 Å². The van der Waals surface area contributed by atoms with Gasteiger partial charge >= 0.3 is 6.18 Å². The number of H-pyrrole nitrogens is 1. The van der Waals surface area contributed by atoms with E-state index in [1.165, 1.54) is 24.6 Å². The van der Waals surface area contributed by atoms with Crippen LogP contribution >= 0.6 is 0 Å². The third-order valence-corrected chi connectivity index (χ3v) is 5.01. The van der Waals surface area contributed by atoms with Gasteiger partial charge in [-0.2, -0.15) is 23.3 Å². The van der Waals surface area contributed by atoms with Gasteiger partial charge in [0.25, 0.3) is 5.91 Å². The number of carbonyl (C=O) groups excluding carboxylic acids is 1. The Bertz CT molecular complexity index is 1320. The molecule has 4 aromatic rings. The first-order valence-corrected chi connectivity index (χ1v) is 10.0. The lowest BCUT2D eigenvalue weighted by Crippen LogP contribution is -2.43. The molecule has 4 rings (SSSR count). The number of rotatable bonds is 6. The van der Waals surface area contributed by atoms with E-state index in [1.54, 1.807) is 30.7 Å². The van der Waals surface area contributed by atoms with Gasteiger partial charge in [-0.15, -0.1) is 0 Å². The number of fused-ring (bicyclic) bond motifs is 2. The number of hydrogen-bond donors (Lipinski definition) is 3. The van der Waals surface area contributed by atoms with Gasteiger partial charge in [0.05, 0.1) is 23.8 Å². The van der Waals surface area contributed by atoms with Gasteiger partial charge in [0.15, 0.2) is 0 Å². The highest BCUT2D eigenvalue weighted by Gasteiger charge is 2.37. The van der Waals surface area contributed by atoms with Crippen LogP contribution in [-0.4, -0.2) is 54.9 Å². The minimum absolute atomic E-state index is 0.0179. The van der Waals surface area contributed by atoms with Crippen LogP contribution in [0.5, 0.6) is 0 Å². The smallest absolute Gasteiger partial charge is 0.351 e. The van der Waals surface area contributed by atoms with Crippen molar-refractivity contribution in [2.75, 3.05) is 11.9 Å². The van der Waals surface area contributed by atoms with E-state index in [0.29, 0.717) is 22.1 Å². The fraction of sp³-hybridized carbons (Fsp3) is 0.333. The summed E-state index contributed by atoms with van der Waals surface area (Å²) in [6.45, 7) is 3.80. The Labute approximate surface area is 185 Å². The van der Waals surface area contributed by atoms with E-state index in [0.717, 1.165) is 12.5 Å². The maximum Gasteiger partial charge on any atom is 0.408 e. The van der Waals surface area contributed by atoms with E-state index in [2.05, 4.69) is 25.4 Å². The number of pyridine rings is 1. The molecule has 1 atom stereocenters. The van der Waals surface area contributed by atoms with Crippen molar-refractivity contribution in [3.63, 3.8) is 0 Å². The quantitative estimate of drug-likeness (QED) is 0.374. The van der Waals surface area contributed by atoms with Crippen molar-refractivity contribution in [2.24, 2.45) is 0 Å². The molecular formula is C21H21F4N7O. The van der Waals surface area contributed by atoms with Gasteiger partial charge in [-0.3, -0.25) is 4.79 Å². The summed E-state index contributed by atoms with van der Waals surface area (Å²) in [4.78, 5) is 24.0. The summed E-state index contributed by atoms with van der Waals surface area (Å²) < 4.78 is 53.6. The largest absolute Gasteiger partial charge is 0.408 e. The SMILES string of the molecule is C[C@@H](NC(=O)c1cnn2ccc(-c3c[nH]c4nc(NCC(C)(C)F)ncc34)cc12)C(F)(F)F. The molecule has 33 heavy (non-hydrogen) atoms. The molecular weight excluding hydrogens is 442 g/mol. The van der Waals surface area contributed by atoms with Gasteiger partial charge < -0.3 is 15.6 Å². The van der Waals surface area contributed by atoms with Crippen LogP contribution in [0.1, 0.15) is 31.1 Å². The maximum atomic E-state index is 13.7. The van der Waals surface area contributed by atoms with Crippen LogP contribution in [0.15, 0.2) is 36.9 Å². The van der Waals surface area contributed by atoms with E-state index in [9.17, 15) is 22.4 Å². The van der Waals surface area contributed by atoms with Crippen molar-refractivity contribution >= 4 is 28.4 Å². The zero-order valence-electron chi connectivity index (χ0n) is 18.0. The molecule has 0 aliphatic carbocycles. The van der Waals surface area contributed by atoms with Crippen molar-refractivity contribution in [1.29, 1.82) is 0 Å². The molecule has 4 aromatic heterocycles. The molecule has 174 valence electrons. The number of nitrogens with zero attached hydrogens (tertiary/aromatic N) is 4. The highest BCUT2D eigenvalue weighted by Crippen LogP contribution is 2.29. The van der Waals surface area contributed by atoms with Crippen molar-refractivity contribution in [3.8, 4) is 11.1 Å². The van der Waals surface area contributed by atoms with Crippen LogP contribution in [0.3, 0.4) is 0 Å². The number of hydrogen-bond acceptors (Lipinski definition) is 5. The molecule has 3 N–H and O–H groups in total. The second-order valence-corrected chi connectivity index (χ2v) is 8.27. The first-order chi connectivity index (χ1) is 15.4. The van der Waals surface area contributed by atoms with E-state index in [-0.39, 0.29) is 18.1 Å². The Hall–Kier alpha value is -3.70. The molecule has 0 aromatic carbocycles. The van der Waals surface area contributed by atoms with Crippen LogP contribution in [0.4, 0.5) is 23.5 Å². The molecule has 0 spiro atoms. The van der Waals surface area contributed by atoms with Crippen molar-refractivity contribution in [2.45, 2.75) is 38.7 Å². The minimum Gasteiger partial charge on any atom is -0.351 e. The van der Waals surface area contributed by atoms with Gasteiger partial charge in [-0.25, -0.2) is 13.9 Å². The number of aromatic nitrogens is 5. The fourth-order valence-corrected chi connectivity index (χ4v) is 3.20. The van der Waals surface area contributed by atoms with E-state index in [4.69, 9.17) is 0 Å². The van der Waals surface area contributed by atoms with Crippen LogP contribution < -0.4 is 10.6 Å². The van der Waals surface area contributed by atoms with Crippen LogP contribution in [0, 0.1) is 0 Å². The predicted octanol–water partition coefficient (Wildman–Crippen LogP) is 4.11. The van der Waals surface area contributed by atoms with Crippen LogP contribution in [-0.2, 0) is 0 Å². The lowest BCUT2D eigenvalue weighted by molar-refractivity contribution is -0.149. The Balaban J connectivity index is 1.65. The van der Waals surface area contributed by atoms with E-state index in [1.807, 2.05) is 5.32 Å². The number of amides is 1. The zero-order chi connectivity index (χ0) is 24.0. The molecule has 12 heteroatoms. The molecule has 0 saturated carbocycles. The lowest BCUT2D eigenvalue weighted by Gasteiger charge is -2.16. The Morgan fingerprint density at radius 3 is 2.70 bits per heavy atom. The van der Waals surface area contributed by atoms with Gasteiger partial charge in [0.2, 0.25) is 5.95 Å². The third-order valence-electron chi connectivity index (χ3n) is 5.01. The third kappa shape index (κ3) is 4.73. The van der Waals surface area contributed by atoms with Crippen molar-refractivity contribution in [3.05, 3.63) is 42.5 Å². The summed E-state index contributed by atoms with van der Waals surface area (Å²) in [5.41, 5.74) is 0.858. The fourth-order valence-electron chi connectivity index (χ4n) is 3.20. The monoisotopic (exact) mass is 463 g/mol. The van der Waals surface area contributed by atoms with Crippen LogP contribution in [0.25, 0.3) is 27.7 Å². The number of carbonyl (C=O) groups is 1. The van der Waals surface area contributed by atoms with Gasteiger partial charge in [-0.1, -0.05) is 0 Å². The molecule has 0 unspecified atom stereocenters. The maximum absolute atomic E-state index is 13.7. The highest BCUT2D eigenvalue weighted by molar-refractivity contribution is 6.02. The molecule has 0 aliphatic rings. The van der Waals surface area contributed by atoms with Crippen molar-refractivity contribution < 1.29 is 22.4 Å². The number of aromatic amines is 1. The highest BCUT2D eigenvalue weighted by atomic mass is 19.4.